The molecule has 15 heavy (non-hydrogen) atoms. The van der Waals surface area contributed by atoms with E-state index < -0.39 is 0 Å². The number of ether oxygens (including phenoxy) is 1. The Balaban J connectivity index is 0.000000531. The van der Waals surface area contributed by atoms with Gasteiger partial charge in [0.1, 0.15) is 5.75 Å². The van der Waals surface area contributed by atoms with E-state index in [-0.39, 0.29) is 0 Å². The highest BCUT2D eigenvalue weighted by Crippen LogP contribution is 2.20. The minimum atomic E-state index is 0.721. The van der Waals surface area contributed by atoms with Crippen LogP contribution < -0.4 is 4.74 Å². The molecule has 0 heterocycles. The first-order valence-corrected chi connectivity index (χ1v) is 5.52. The fourth-order valence-corrected chi connectivity index (χ4v) is 1.42. The quantitative estimate of drug-likeness (QED) is 0.706. The van der Waals surface area contributed by atoms with E-state index in [1.54, 1.807) is 0 Å². The highest BCUT2D eigenvalue weighted by atomic mass is 16.5. The van der Waals surface area contributed by atoms with E-state index in [1.165, 1.54) is 10.8 Å². The lowest BCUT2D eigenvalue weighted by molar-refractivity contribution is 0.341. The molecule has 0 atom stereocenters. The molecule has 80 valence electrons. The molecule has 0 saturated heterocycles. The zero-order valence-corrected chi connectivity index (χ0v) is 9.66. The summed E-state index contributed by atoms with van der Waals surface area (Å²) in [4.78, 5) is 0. The Hall–Kier alpha value is -1.50. The third-order valence-corrected chi connectivity index (χ3v) is 2.03. The van der Waals surface area contributed by atoms with Crippen LogP contribution >= 0.6 is 0 Å². The minimum Gasteiger partial charge on any atom is -0.494 e. The van der Waals surface area contributed by atoms with E-state index >= 15 is 0 Å². The second-order valence-corrected chi connectivity index (χ2v) is 2.94. The fourth-order valence-electron chi connectivity index (χ4n) is 1.42. The van der Waals surface area contributed by atoms with E-state index in [1.807, 2.05) is 39.0 Å². The number of hydrogen-bond acceptors (Lipinski definition) is 1. The van der Waals surface area contributed by atoms with Crippen LogP contribution in [0.25, 0.3) is 10.8 Å². The monoisotopic (exact) mass is 202 g/mol. The molecule has 1 heteroatoms. The normalized spacial score (nSPS) is 9.27. The van der Waals surface area contributed by atoms with Crippen LogP contribution in [0.3, 0.4) is 0 Å². The topological polar surface area (TPSA) is 9.23 Å². The van der Waals surface area contributed by atoms with Crippen molar-refractivity contribution < 1.29 is 4.74 Å². The van der Waals surface area contributed by atoms with E-state index in [0.29, 0.717) is 0 Å². The van der Waals surface area contributed by atoms with Gasteiger partial charge in [-0.2, -0.15) is 0 Å². The Morgan fingerprint density at radius 2 is 1.60 bits per heavy atom. The van der Waals surface area contributed by atoms with Crippen LogP contribution in [0.4, 0.5) is 0 Å². The van der Waals surface area contributed by atoms with Gasteiger partial charge in [-0.3, -0.25) is 0 Å². The molecule has 0 fully saturated rings. The van der Waals surface area contributed by atoms with Gasteiger partial charge in [0.2, 0.25) is 0 Å². The Labute approximate surface area is 91.7 Å². The molecule has 0 spiro atoms. The van der Waals surface area contributed by atoms with Gasteiger partial charge in [-0.25, -0.2) is 0 Å². The highest BCUT2D eigenvalue weighted by Gasteiger charge is 1.94. The first-order valence-electron chi connectivity index (χ1n) is 5.52. The summed E-state index contributed by atoms with van der Waals surface area (Å²) in [6.45, 7) is 6.72. The summed E-state index contributed by atoms with van der Waals surface area (Å²) in [5, 5.41) is 2.49. The van der Waals surface area contributed by atoms with Crippen molar-refractivity contribution in [2.24, 2.45) is 0 Å². The van der Waals surface area contributed by atoms with Gasteiger partial charge in [-0.15, -0.1) is 0 Å². The average molecular weight is 202 g/mol. The highest BCUT2D eigenvalue weighted by molar-refractivity contribution is 5.83. The molecule has 0 aromatic heterocycles. The zero-order chi connectivity index (χ0) is 11.1. The van der Waals surface area contributed by atoms with Crippen molar-refractivity contribution in [1.82, 2.24) is 0 Å². The third kappa shape index (κ3) is 2.98. The van der Waals surface area contributed by atoms with Crippen molar-refractivity contribution in [3.63, 3.8) is 0 Å². The van der Waals surface area contributed by atoms with Crippen LogP contribution in [-0.2, 0) is 0 Å². The van der Waals surface area contributed by atoms with E-state index in [2.05, 4.69) is 24.3 Å². The van der Waals surface area contributed by atoms with Crippen LogP contribution in [0.1, 0.15) is 20.8 Å². The summed E-state index contributed by atoms with van der Waals surface area (Å²) < 4.78 is 5.41. The summed E-state index contributed by atoms with van der Waals surface area (Å²) in [7, 11) is 0. The van der Waals surface area contributed by atoms with Crippen molar-refractivity contribution >= 4 is 10.8 Å². The van der Waals surface area contributed by atoms with Crippen LogP contribution in [0.15, 0.2) is 42.5 Å². The molecule has 0 aliphatic carbocycles. The van der Waals surface area contributed by atoms with Crippen molar-refractivity contribution in [3.8, 4) is 5.75 Å². The summed E-state index contributed by atoms with van der Waals surface area (Å²) in [5.41, 5.74) is 0. The average Bonchev–Trinajstić information content (AvgIpc) is 2.32. The lowest BCUT2D eigenvalue weighted by Crippen LogP contribution is -1.90. The maximum Gasteiger partial charge on any atom is 0.119 e. The first kappa shape index (κ1) is 11.6. The molecule has 0 radical (unpaired) electrons. The predicted octanol–water partition coefficient (Wildman–Crippen LogP) is 4.26. The molecule has 0 aliphatic rings. The fraction of sp³-hybridized carbons (Fsp3) is 0.286. The van der Waals surface area contributed by atoms with Gasteiger partial charge in [-0.1, -0.05) is 44.2 Å². The molecule has 0 saturated carbocycles. The summed E-state index contributed by atoms with van der Waals surface area (Å²) >= 11 is 0. The maximum absolute atomic E-state index is 5.41. The number of hydrogen-bond donors (Lipinski definition) is 0. The Bertz CT molecular complexity index is 407. The summed E-state index contributed by atoms with van der Waals surface area (Å²) in [5.74, 6) is 0.946. The lowest BCUT2D eigenvalue weighted by Gasteiger charge is -2.03. The molecular formula is C14H18O. The lowest BCUT2D eigenvalue weighted by atomic mass is 10.1. The molecule has 0 unspecified atom stereocenters. The van der Waals surface area contributed by atoms with E-state index in [4.69, 9.17) is 4.74 Å². The van der Waals surface area contributed by atoms with Gasteiger partial charge < -0.3 is 4.74 Å². The van der Waals surface area contributed by atoms with Gasteiger partial charge in [0.05, 0.1) is 6.61 Å². The van der Waals surface area contributed by atoms with Crippen LogP contribution in [0, 0.1) is 0 Å². The van der Waals surface area contributed by atoms with Crippen molar-refractivity contribution in [2.75, 3.05) is 6.61 Å². The van der Waals surface area contributed by atoms with Crippen molar-refractivity contribution in [3.05, 3.63) is 42.5 Å². The van der Waals surface area contributed by atoms with Gasteiger partial charge in [-0.05, 0) is 29.8 Å². The molecule has 0 aliphatic heterocycles. The van der Waals surface area contributed by atoms with Crippen LogP contribution in [-0.4, -0.2) is 6.61 Å². The molecular weight excluding hydrogens is 184 g/mol. The Kier molecular flexibility index (Phi) is 4.69. The zero-order valence-electron chi connectivity index (χ0n) is 9.66. The maximum atomic E-state index is 5.41. The Morgan fingerprint density at radius 3 is 2.27 bits per heavy atom. The van der Waals surface area contributed by atoms with Gasteiger partial charge in [0.15, 0.2) is 0 Å². The molecule has 0 amide bonds. The largest absolute Gasteiger partial charge is 0.494 e. The standard InChI is InChI=1S/C12H12O.C2H6/c1-2-13-12-8-7-10-5-3-4-6-11(10)9-12;1-2/h3-9H,2H2,1H3;1-2H3. The van der Waals surface area contributed by atoms with Crippen LogP contribution in [0.2, 0.25) is 0 Å². The van der Waals surface area contributed by atoms with Crippen molar-refractivity contribution in [2.45, 2.75) is 20.8 Å². The number of rotatable bonds is 2. The predicted molar refractivity (Wildman–Crippen MR) is 66.5 cm³/mol. The molecule has 2 aromatic rings. The third-order valence-electron chi connectivity index (χ3n) is 2.03. The first-order chi connectivity index (χ1) is 7.40. The van der Waals surface area contributed by atoms with Gasteiger partial charge in [0, 0.05) is 0 Å². The Morgan fingerprint density at radius 1 is 0.933 bits per heavy atom. The van der Waals surface area contributed by atoms with E-state index in [9.17, 15) is 0 Å². The number of fused-ring (bicyclic) bond motifs is 1. The van der Waals surface area contributed by atoms with E-state index in [0.717, 1.165) is 12.4 Å². The number of benzene rings is 2. The van der Waals surface area contributed by atoms with Crippen LogP contribution in [0.5, 0.6) is 5.75 Å². The summed E-state index contributed by atoms with van der Waals surface area (Å²) in [6, 6.07) is 14.4. The molecule has 0 bridgehead atoms. The van der Waals surface area contributed by atoms with Gasteiger partial charge in [0.25, 0.3) is 0 Å². The molecule has 1 nitrogen and oxygen atoms in total. The molecule has 2 rings (SSSR count). The molecule has 0 N–H and O–H groups in total. The van der Waals surface area contributed by atoms with Crippen molar-refractivity contribution in [1.29, 1.82) is 0 Å². The van der Waals surface area contributed by atoms with Gasteiger partial charge >= 0.3 is 0 Å². The molecule has 2 aromatic carbocycles. The smallest absolute Gasteiger partial charge is 0.119 e. The SMILES string of the molecule is CC.CCOc1ccc2ccccc2c1. The minimum absolute atomic E-state index is 0.721. The second-order valence-electron chi connectivity index (χ2n) is 2.94. The second kappa shape index (κ2) is 6.07. The summed E-state index contributed by atoms with van der Waals surface area (Å²) in [6.07, 6.45) is 0.